The number of nitrogens with one attached hydrogen (secondary N) is 1. The molecular formula is C12H12BrNO5. The van der Waals surface area contributed by atoms with Gasteiger partial charge in [-0.2, -0.15) is 0 Å². The molecule has 0 aromatic heterocycles. The third-order valence-corrected chi connectivity index (χ3v) is 2.70. The normalized spacial score (nSPS) is 9.58. The maximum atomic E-state index is 10.7. The molecule has 0 spiro atoms. The van der Waals surface area contributed by atoms with Crippen molar-refractivity contribution >= 4 is 33.6 Å². The van der Waals surface area contributed by atoms with Crippen LogP contribution in [-0.4, -0.2) is 28.8 Å². The molecule has 19 heavy (non-hydrogen) atoms. The van der Waals surface area contributed by atoms with Crippen molar-refractivity contribution in [3.63, 3.8) is 0 Å². The summed E-state index contributed by atoms with van der Waals surface area (Å²) in [6, 6.07) is 4.99. The number of carbonyl (C=O) groups is 2. The molecule has 0 saturated carbocycles. The van der Waals surface area contributed by atoms with Crippen molar-refractivity contribution in [3.8, 4) is 5.75 Å². The minimum absolute atomic E-state index is 0.521. The third-order valence-electron chi connectivity index (χ3n) is 2.08. The molecule has 102 valence electrons. The maximum Gasteiger partial charge on any atom is 0.344 e. The van der Waals surface area contributed by atoms with Gasteiger partial charge in [0.05, 0.1) is 11.1 Å². The highest BCUT2D eigenvalue weighted by molar-refractivity contribution is 9.10. The van der Waals surface area contributed by atoms with E-state index in [0.29, 0.717) is 22.5 Å². The summed E-state index contributed by atoms with van der Waals surface area (Å²) in [6.45, 7) is 2.38. The van der Waals surface area contributed by atoms with Crippen molar-refractivity contribution in [2.45, 2.75) is 6.92 Å². The molecule has 0 unspecified atom stereocenters. The molecule has 0 aliphatic heterocycles. The van der Waals surface area contributed by atoms with E-state index in [1.165, 1.54) is 0 Å². The smallest absolute Gasteiger partial charge is 0.344 e. The molecule has 1 rings (SSSR count). The molecule has 0 bridgehead atoms. The number of hydrogen-bond acceptors (Lipinski definition) is 4. The predicted molar refractivity (Wildman–Crippen MR) is 72.3 cm³/mol. The number of carboxylic acids is 2. The van der Waals surface area contributed by atoms with E-state index >= 15 is 0 Å². The quantitative estimate of drug-likeness (QED) is 0.421. The van der Waals surface area contributed by atoms with Crippen LogP contribution in [0.2, 0.25) is 0 Å². The minimum atomic E-state index is -1.51. The summed E-state index contributed by atoms with van der Waals surface area (Å²) in [5.41, 5.74) is -0.208. The van der Waals surface area contributed by atoms with E-state index in [0.717, 1.165) is 6.20 Å². The largest absolute Gasteiger partial charge is 0.493 e. The monoisotopic (exact) mass is 329 g/mol. The fourth-order valence-electron chi connectivity index (χ4n) is 1.23. The second kappa shape index (κ2) is 6.79. The number of anilines is 1. The highest BCUT2D eigenvalue weighted by Crippen LogP contribution is 2.28. The summed E-state index contributed by atoms with van der Waals surface area (Å²) in [5, 5.41) is 20.0. The molecule has 0 atom stereocenters. The molecule has 3 N–H and O–H groups in total. The van der Waals surface area contributed by atoms with Gasteiger partial charge in [-0.15, -0.1) is 0 Å². The van der Waals surface area contributed by atoms with Crippen LogP contribution >= 0.6 is 15.9 Å². The van der Waals surface area contributed by atoms with Crippen molar-refractivity contribution < 1.29 is 24.5 Å². The number of aliphatic carboxylic acids is 2. The van der Waals surface area contributed by atoms with Crippen molar-refractivity contribution in [1.29, 1.82) is 0 Å². The van der Waals surface area contributed by atoms with Crippen molar-refractivity contribution in [3.05, 3.63) is 34.4 Å². The number of hydrogen-bond donors (Lipinski definition) is 3. The topological polar surface area (TPSA) is 95.9 Å². The lowest BCUT2D eigenvalue weighted by atomic mass is 10.2. The fourth-order valence-corrected chi connectivity index (χ4v) is 1.73. The van der Waals surface area contributed by atoms with Gasteiger partial charge in [-0.1, -0.05) is 0 Å². The Hall–Kier alpha value is -2.02. The van der Waals surface area contributed by atoms with Gasteiger partial charge in [0.1, 0.15) is 5.75 Å². The molecule has 1 aromatic carbocycles. The Balaban J connectivity index is 2.88. The average molecular weight is 330 g/mol. The first-order valence-corrected chi connectivity index (χ1v) is 6.10. The van der Waals surface area contributed by atoms with Gasteiger partial charge in [-0.05, 0) is 41.1 Å². The second-order valence-electron chi connectivity index (χ2n) is 3.39. The summed E-state index contributed by atoms with van der Waals surface area (Å²) in [6.07, 6.45) is 0.923. The van der Waals surface area contributed by atoms with Gasteiger partial charge in [-0.3, -0.25) is 0 Å². The van der Waals surface area contributed by atoms with E-state index in [9.17, 15) is 9.59 Å². The molecule has 7 heteroatoms. The highest BCUT2D eigenvalue weighted by atomic mass is 79.9. The molecule has 0 heterocycles. The molecule has 0 amide bonds. The number of ether oxygens (including phenoxy) is 1. The number of carboxylic acid groups (broad SMARTS) is 2. The molecular weight excluding hydrogens is 318 g/mol. The summed E-state index contributed by atoms with van der Waals surface area (Å²) in [5.74, 6) is -2.37. The van der Waals surface area contributed by atoms with E-state index in [1.807, 2.05) is 6.92 Å². The zero-order valence-electron chi connectivity index (χ0n) is 10.0. The standard InChI is InChI=1S/C12H12BrNO5/c1-2-19-10-4-3-7(5-9(10)13)14-6-8(11(15)16)12(17)18/h3-6,14H,2H2,1H3,(H,15,16)(H,17,18). The van der Waals surface area contributed by atoms with E-state index in [-0.39, 0.29) is 0 Å². The zero-order valence-corrected chi connectivity index (χ0v) is 11.6. The van der Waals surface area contributed by atoms with Gasteiger partial charge in [0.15, 0.2) is 5.57 Å². The van der Waals surface area contributed by atoms with E-state index in [4.69, 9.17) is 14.9 Å². The van der Waals surface area contributed by atoms with Gasteiger partial charge < -0.3 is 20.3 Å². The first-order chi connectivity index (χ1) is 8.95. The Morgan fingerprint density at radius 3 is 2.47 bits per heavy atom. The molecule has 0 saturated heterocycles. The van der Waals surface area contributed by atoms with Crippen LogP contribution in [0.4, 0.5) is 5.69 Å². The highest BCUT2D eigenvalue weighted by Gasteiger charge is 2.15. The Morgan fingerprint density at radius 1 is 1.37 bits per heavy atom. The molecule has 0 radical (unpaired) electrons. The van der Waals surface area contributed by atoms with Gasteiger partial charge >= 0.3 is 11.9 Å². The summed E-state index contributed by atoms with van der Waals surface area (Å²) >= 11 is 3.29. The van der Waals surface area contributed by atoms with Crippen LogP contribution < -0.4 is 10.1 Å². The van der Waals surface area contributed by atoms with Gasteiger partial charge in [0.25, 0.3) is 0 Å². The fraction of sp³-hybridized carbons (Fsp3) is 0.167. The van der Waals surface area contributed by atoms with Crippen LogP contribution in [0.5, 0.6) is 5.75 Å². The SMILES string of the molecule is CCOc1ccc(NC=C(C(=O)O)C(=O)O)cc1Br. The molecule has 0 aliphatic carbocycles. The van der Waals surface area contributed by atoms with Crippen LogP contribution in [0.25, 0.3) is 0 Å². The van der Waals surface area contributed by atoms with Crippen molar-refractivity contribution in [1.82, 2.24) is 0 Å². The maximum absolute atomic E-state index is 10.7. The Labute approximate surface area is 117 Å². The Bertz CT molecular complexity index is 511. The van der Waals surface area contributed by atoms with E-state index in [1.54, 1.807) is 18.2 Å². The first kappa shape index (κ1) is 15.0. The van der Waals surface area contributed by atoms with Crippen molar-refractivity contribution in [2.24, 2.45) is 0 Å². The summed E-state index contributed by atoms with van der Waals surface area (Å²) in [4.78, 5) is 21.3. The minimum Gasteiger partial charge on any atom is -0.493 e. The molecule has 1 aromatic rings. The van der Waals surface area contributed by atoms with Crippen molar-refractivity contribution in [2.75, 3.05) is 11.9 Å². The molecule has 0 aliphatic rings. The Kier molecular flexibility index (Phi) is 5.37. The summed E-state index contributed by atoms with van der Waals surface area (Å²) in [7, 11) is 0. The molecule has 6 nitrogen and oxygen atoms in total. The van der Waals surface area contributed by atoms with Gasteiger partial charge in [-0.25, -0.2) is 9.59 Å². The zero-order chi connectivity index (χ0) is 14.4. The lowest BCUT2D eigenvalue weighted by molar-refractivity contribution is -0.140. The van der Waals surface area contributed by atoms with Gasteiger partial charge in [0.2, 0.25) is 0 Å². The van der Waals surface area contributed by atoms with Gasteiger partial charge in [0, 0.05) is 11.9 Å². The van der Waals surface area contributed by atoms with Crippen LogP contribution in [-0.2, 0) is 9.59 Å². The predicted octanol–water partition coefficient (Wildman–Crippen LogP) is 2.31. The number of rotatable bonds is 6. The number of benzene rings is 1. The lowest BCUT2D eigenvalue weighted by Gasteiger charge is -2.08. The van der Waals surface area contributed by atoms with Crippen LogP contribution in [0, 0.1) is 0 Å². The third kappa shape index (κ3) is 4.29. The van der Waals surface area contributed by atoms with Crippen LogP contribution in [0.15, 0.2) is 34.4 Å². The molecule has 0 fully saturated rings. The average Bonchev–Trinajstić information content (AvgIpc) is 2.32. The second-order valence-corrected chi connectivity index (χ2v) is 4.25. The lowest BCUT2D eigenvalue weighted by Crippen LogP contribution is -2.12. The van der Waals surface area contributed by atoms with E-state index < -0.39 is 17.5 Å². The first-order valence-electron chi connectivity index (χ1n) is 5.31. The summed E-state index contributed by atoms with van der Waals surface area (Å²) < 4.78 is 6.00. The van der Waals surface area contributed by atoms with Crippen LogP contribution in [0.3, 0.4) is 0 Å². The van der Waals surface area contributed by atoms with E-state index in [2.05, 4.69) is 21.2 Å². The Morgan fingerprint density at radius 2 is 2.00 bits per heavy atom. The number of halogens is 1. The van der Waals surface area contributed by atoms with Crippen LogP contribution in [0.1, 0.15) is 6.92 Å².